The van der Waals surface area contributed by atoms with Crippen LogP contribution >= 0.6 is 0 Å². The number of nitrogens with one attached hydrogen (secondary N) is 1. The van der Waals surface area contributed by atoms with Gasteiger partial charge in [0, 0.05) is 6.54 Å². The third-order valence-corrected chi connectivity index (χ3v) is 4.49. The van der Waals surface area contributed by atoms with Crippen molar-refractivity contribution in [3.63, 3.8) is 0 Å². The Kier molecular flexibility index (Phi) is 5.62. The van der Waals surface area contributed by atoms with Gasteiger partial charge in [0.2, 0.25) is 11.6 Å². The Morgan fingerprint density at radius 3 is 2.60 bits per heavy atom. The average Bonchev–Trinajstić information content (AvgIpc) is 3.23. The number of hydrogen-bond acceptors (Lipinski definition) is 9. The highest BCUT2D eigenvalue weighted by molar-refractivity contribution is 7.85. The number of hydrogen-bond donors (Lipinski definition) is 2. The van der Waals surface area contributed by atoms with Gasteiger partial charge in [0.1, 0.15) is 5.82 Å². The summed E-state index contributed by atoms with van der Waals surface area (Å²) in [4.78, 5) is 12.0. The molecule has 0 atom stereocenters. The summed E-state index contributed by atoms with van der Waals surface area (Å²) in [6.07, 6.45) is -5.06. The molecule has 0 fully saturated rings. The van der Waals surface area contributed by atoms with Gasteiger partial charge in [-0.3, -0.25) is 9.08 Å². The maximum atomic E-state index is 13.5. The molecule has 0 amide bonds. The molecule has 3 aromatic rings. The zero-order valence-electron chi connectivity index (χ0n) is 14.6. The van der Waals surface area contributed by atoms with Crippen LogP contribution in [0, 0.1) is 5.82 Å². The summed E-state index contributed by atoms with van der Waals surface area (Å²) in [5.74, 6) is -3.82. The van der Waals surface area contributed by atoms with Gasteiger partial charge in [0.25, 0.3) is 10.1 Å². The summed E-state index contributed by atoms with van der Waals surface area (Å²) in [6, 6.07) is 1.82. The van der Waals surface area contributed by atoms with Crippen LogP contribution in [0.4, 0.5) is 23.4 Å². The molecule has 0 radical (unpaired) electrons. The van der Waals surface area contributed by atoms with Gasteiger partial charge in [0.15, 0.2) is 5.69 Å². The predicted octanol–water partition coefficient (Wildman–Crippen LogP) is 1.72. The van der Waals surface area contributed by atoms with Crippen molar-refractivity contribution in [2.75, 3.05) is 17.6 Å². The third kappa shape index (κ3) is 4.65. The first kappa shape index (κ1) is 21.4. The van der Waals surface area contributed by atoms with Gasteiger partial charge in [-0.1, -0.05) is 5.16 Å². The summed E-state index contributed by atoms with van der Waals surface area (Å²) < 4.78 is 92.3. The van der Waals surface area contributed by atoms with Crippen molar-refractivity contribution < 1.29 is 39.7 Å². The zero-order valence-corrected chi connectivity index (χ0v) is 15.4. The van der Waals surface area contributed by atoms with E-state index in [1.807, 2.05) is 0 Å². The van der Waals surface area contributed by atoms with Crippen LogP contribution in [0.1, 0.15) is 12.0 Å². The van der Waals surface area contributed by atoms with Crippen molar-refractivity contribution >= 4 is 15.9 Å². The van der Waals surface area contributed by atoms with Crippen molar-refractivity contribution in [2.24, 2.45) is 0 Å². The van der Waals surface area contributed by atoms with Gasteiger partial charge in [-0.15, -0.1) is 0 Å². The van der Waals surface area contributed by atoms with Crippen molar-refractivity contribution in [1.29, 1.82) is 0 Å². The fourth-order valence-corrected chi connectivity index (χ4v) is 2.92. The number of benzene rings is 1. The Bertz CT molecular complexity index is 1220. The van der Waals surface area contributed by atoms with Gasteiger partial charge in [-0.2, -0.15) is 21.6 Å². The fourth-order valence-electron chi connectivity index (χ4n) is 2.41. The molecule has 2 aromatic heterocycles. The number of rotatable bonds is 7. The molecule has 0 spiro atoms. The molecule has 2 heterocycles. The lowest BCUT2D eigenvalue weighted by Gasteiger charge is -2.10. The summed E-state index contributed by atoms with van der Waals surface area (Å²) in [7, 11) is -4.18. The van der Waals surface area contributed by atoms with E-state index in [0.717, 1.165) is 6.07 Å². The molecule has 0 saturated heterocycles. The molecule has 16 heteroatoms. The fraction of sp³-hybridized carbons (Fsp3) is 0.286. The molecule has 0 bridgehead atoms. The van der Waals surface area contributed by atoms with E-state index in [0.29, 0.717) is 16.7 Å². The van der Waals surface area contributed by atoms with Crippen LogP contribution < -0.4 is 11.1 Å². The zero-order chi connectivity index (χ0) is 22.1. The van der Waals surface area contributed by atoms with Crippen molar-refractivity contribution in [1.82, 2.24) is 20.0 Å². The molecule has 3 rings (SSSR count). The minimum Gasteiger partial charge on any atom is -0.365 e. The first-order valence-corrected chi connectivity index (χ1v) is 9.56. The predicted molar refractivity (Wildman–Crippen MR) is 89.9 cm³/mol. The van der Waals surface area contributed by atoms with E-state index in [-0.39, 0.29) is 24.5 Å². The molecule has 0 aliphatic rings. The van der Waals surface area contributed by atoms with Crippen LogP contribution in [-0.2, 0) is 16.3 Å². The van der Waals surface area contributed by atoms with Crippen molar-refractivity contribution in [3.8, 4) is 17.2 Å². The lowest BCUT2D eigenvalue weighted by atomic mass is 10.1. The lowest BCUT2D eigenvalue weighted by Crippen LogP contribution is -2.16. The van der Waals surface area contributed by atoms with E-state index in [9.17, 15) is 30.8 Å². The SMILES string of the molecule is O=c1onc(-c2nonc2NCCCS(=O)(=O)O)n1-c1ccc(F)c(C(F)(F)F)c1. The maximum absolute atomic E-state index is 13.5. The Balaban J connectivity index is 1.95. The molecule has 0 saturated carbocycles. The van der Waals surface area contributed by atoms with Crippen LogP contribution in [0.5, 0.6) is 0 Å². The van der Waals surface area contributed by atoms with E-state index in [1.54, 1.807) is 0 Å². The molecule has 11 nitrogen and oxygen atoms in total. The number of anilines is 1. The molecular weight excluding hydrogens is 442 g/mol. The van der Waals surface area contributed by atoms with Crippen LogP contribution in [0.15, 0.2) is 32.1 Å². The Morgan fingerprint density at radius 2 is 1.93 bits per heavy atom. The topological polar surface area (TPSA) is 153 Å². The molecule has 0 aliphatic heterocycles. The van der Waals surface area contributed by atoms with E-state index >= 15 is 0 Å². The van der Waals surface area contributed by atoms with Crippen LogP contribution in [0.2, 0.25) is 0 Å². The Labute approximate surface area is 164 Å². The molecular formula is C14H11F4N5O6S. The van der Waals surface area contributed by atoms with E-state index in [1.165, 1.54) is 0 Å². The smallest absolute Gasteiger partial charge is 0.365 e. The molecule has 30 heavy (non-hydrogen) atoms. The quantitative estimate of drug-likeness (QED) is 0.307. The summed E-state index contributed by atoms with van der Waals surface area (Å²) in [5, 5.41) is 13.1. The third-order valence-electron chi connectivity index (χ3n) is 3.69. The number of nitrogens with zero attached hydrogens (tertiary/aromatic N) is 4. The molecule has 162 valence electrons. The first-order valence-electron chi connectivity index (χ1n) is 7.95. The normalized spacial score (nSPS) is 12.3. The first-order chi connectivity index (χ1) is 14.0. The Hall–Kier alpha value is -3.27. The van der Waals surface area contributed by atoms with Gasteiger partial charge in [-0.25, -0.2) is 18.4 Å². The van der Waals surface area contributed by atoms with Gasteiger partial charge in [-0.05, 0) is 34.9 Å². The monoisotopic (exact) mass is 453 g/mol. The van der Waals surface area contributed by atoms with Gasteiger partial charge >= 0.3 is 11.9 Å². The highest BCUT2D eigenvalue weighted by atomic mass is 32.2. The average molecular weight is 453 g/mol. The lowest BCUT2D eigenvalue weighted by molar-refractivity contribution is -0.140. The van der Waals surface area contributed by atoms with Crippen molar-refractivity contribution in [2.45, 2.75) is 12.6 Å². The summed E-state index contributed by atoms with van der Waals surface area (Å²) >= 11 is 0. The summed E-state index contributed by atoms with van der Waals surface area (Å²) in [5.41, 5.74) is -2.27. The van der Waals surface area contributed by atoms with E-state index in [4.69, 9.17) is 4.55 Å². The highest BCUT2D eigenvalue weighted by Gasteiger charge is 2.35. The number of alkyl halides is 3. The largest absolute Gasteiger partial charge is 0.446 e. The van der Waals surface area contributed by atoms with Crippen molar-refractivity contribution in [3.05, 3.63) is 40.1 Å². The second-order valence-electron chi connectivity index (χ2n) is 5.80. The van der Waals surface area contributed by atoms with Gasteiger partial charge < -0.3 is 5.32 Å². The standard InChI is InChI=1S/C14H11F4N5O6S/c15-9-3-2-7(6-8(9)14(16,17)18)23-12(22-28-13(23)24)10-11(21-29-20-10)19-4-1-5-30(25,26)27/h2-3,6H,1,4-5H2,(H,19,21)(H,25,26,27). The van der Waals surface area contributed by atoms with Crippen LogP contribution in [0.25, 0.3) is 17.2 Å². The maximum Gasteiger partial charge on any atom is 0.446 e. The molecule has 0 aliphatic carbocycles. The minimum atomic E-state index is -5.02. The molecule has 2 N–H and O–H groups in total. The highest BCUT2D eigenvalue weighted by Crippen LogP contribution is 2.33. The Morgan fingerprint density at radius 1 is 1.20 bits per heavy atom. The number of halogens is 4. The minimum absolute atomic E-state index is 0.0299. The van der Waals surface area contributed by atoms with E-state index in [2.05, 4.69) is 29.9 Å². The van der Waals surface area contributed by atoms with Gasteiger partial charge in [0.05, 0.1) is 17.0 Å². The summed E-state index contributed by atoms with van der Waals surface area (Å²) in [6.45, 7) is -0.0299. The second kappa shape index (κ2) is 7.86. The molecule has 0 unspecified atom stereocenters. The second-order valence-corrected chi connectivity index (χ2v) is 7.37. The van der Waals surface area contributed by atoms with E-state index < -0.39 is 50.7 Å². The van der Waals surface area contributed by atoms with Crippen LogP contribution in [-0.4, -0.2) is 45.3 Å². The molecule has 1 aromatic carbocycles. The number of aromatic nitrogens is 4. The van der Waals surface area contributed by atoms with Crippen LogP contribution in [0.3, 0.4) is 0 Å².